The molecule has 0 aliphatic carbocycles. The molecule has 2 heterocycles. The van der Waals surface area contributed by atoms with Crippen LogP contribution in [-0.2, 0) is 16.6 Å². The fourth-order valence-corrected chi connectivity index (χ4v) is 3.02. The summed E-state index contributed by atoms with van der Waals surface area (Å²) >= 11 is 1.15. The zero-order valence-electron chi connectivity index (χ0n) is 8.84. The predicted octanol–water partition coefficient (Wildman–Crippen LogP) is 0.468. The van der Waals surface area contributed by atoms with Crippen molar-refractivity contribution in [3.05, 3.63) is 23.0 Å². The van der Waals surface area contributed by atoms with Gasteiger partial charge in [-0.25, -0.2) is 8.42 Å². The Kier molecular flexibility index (Phi) is 3.13. The summed E-state index contributed by atoms with van der Waals surface area (Å²) < 4.78 is 26.0. The van der Waals surface area contributed by atoms with Gasteiger partial charge in [0.05, 0.1) is 6.61 Å². The van der Waals surface area contributed by atoms with Crippen molar-refractivity contribution in [2.45, 2.75) is 18.4 Å². The standard InChI is InChI=1S/C8H10N4O3S2/c1-5-10-11-8(16-5)12-17(14,15)7-2-6(4-13)9-3-7/h2-3,9,13H,4H2,1H3,(H,11,12). The number of hydrogen-bond acceptors (Lipinski definition) is 6. The van der Waals surface area contributed by atoms with Crippen molar-refractivity contribution in [1.82, 2.24) is 15.2 Å². The van der Waals surface area contributed by atoms with Crippen LogP contribution < -0.4 is 4.72 Å². The van der Waals surface area contributed by atoms with E-state index in [1.807, 2.05) is 0 Å². The molecule has 0 aliphatic heterocycles. The number of aromatic nitrogens is 3. The Bertz CT molecular complexity index is 616. The summed E-state index contributed by atoms with van der Waals surface area (Å²) in [5, 5.41) is 17.1. The van der Waals surface area contributed by atoms with Crippen LogP contribution >= 0.6 is 11.3 Å². The molecule has 17 heavy (non-hydrogen) atoms. The van der Waals surface area contributed by atoms with Gasteiger partial charge in [0.1, 0.15) is 9.90 Å². The van der Waals surface area contributed by atoms with Crippen molar-refractivity contribution in [3.63, 3.8) is 0 Å². The van der Waals surface area contributed by atoms with Crippen molar-refractivity contribution >= 4 is 26.5 Å². The number of aromatic amines is 1. The Labute approximate surface area is 102 Å². The summed E-state index contributed by atoms with van der Waals surface area (Å²) in [5.41, 5.74) is 0.429. The minimum absolute atomic E-state index is 0.0504. The molecule has 0 saturated heterocycles. The number of nitrogens with one attached hydrogen (secondary N) is 2. The van der Waals surface area contributed by atoms with Gasteiger partial charge >= 0.3 is 0 Å². The first-order valence-corrected chi connectivity index (χ1v) is 6.92. The van der Waals surface area contributed by atoms with Crippen molar-refractivity contribution < 1.29 is 13.5 Å². The van der Waals surface area contributed by atoms with E-state index in [9.17, 15) is 8.42 Å². The van der Waals surface area contributed by atoms with Crippen molar-refractivity contribution in [1.29, 1.82) is 0 Å². The first-order chi connectivity index (χ1) is 8.01. The van der Waals surface area contributed by atoms with Crippen molar-refractivity contribution in [2.75, 3.05) is 4.72 Å². The van der Waals surface area contributed by atoms with E-state index in [2.05, 4.69) is 19.9 Å². The average molecular weight is 274 g/mol. The van der Waals surface area contributed by atoms with E-state index in [1.54, 1.807) is 6.92 Å². The second-order valence-corrected chi connectivity index (χ2v) is 6.11. The maximum absolute atomic E-state index is 11.9. The summed E-state index contributed by atoms with van der Waals surface area (Å²) in [6.07, 6.45) is 1.31. The molecule has 0 amide bonds. The van der Waals surface area contributed by atoms with Crippen LogP contribution in [0.4, 0.5) is 5.13 Å². The molecule has 0 aliphatic rings. The molecule has 2 aromatic heterocycles. The number of anilines is 1. The smallest absolute Gasteiger partial charge is 0.265 e. The van der Waals surface area contributed by atoms with Gasteiger partial charge in [-0.05, 0) is 13.0 Å². The highest BCUT2D eigenvalue weighted by Gasteiger charge is 2.17. The molecule has 2 aromatic rings. The lowest BCUT2D eigenvalue weighted by Crippen LogP contribution is -2.11. The first kappa shape index (κ1) is 12.0. The van der Waals surface area contributed by atoms with Gasteiger partial charge in [0.15, 0.2) is 0 Å². The van der Waals surface area contributed by atoms with Gasteiger partial charge in [-0.3, -0.25) is 4.72 Å². The second kappa shape index (κ2) is 4.43. The molecule has 92 valence electrons. The molecule has 9 heteroatoms. The van der Waals surface area contributed by atoms with Crippen LogP contribution in [0.5, 0.6) is 0 Å². The molecule has 0 atom stereocenters. The maximum Gasteiger partial charge on any atom is 0.265 e. The van der Waals surface area contributed by atoms with Crippen LogP contribution in [0.25, 0.3) is 0 Å². The fourth-order valence-electron chi connectivity index (χ4n) is 1.18. The Hall–Kier alpha value is -1.45. The van der Waals surface area contributed by atoms with E-state index in [0.717, 1.165) is 11.3 Å². The molecule has 0 unspecified atom stereocenters. The van der Waals surface area contributed by atoms with Gasteiger partial charge in [0.2, 0.25) is 5.13 Å². The minimum Gasteiger partial charge on any atom is -0.390 e. The SMILES string of the molecule is Cc1nnc(NS(=O)(=O)c2c[nH]c(CO)c2)s1. The fraction of sp³-hybridized carbons (Fsp3) is 0.250. The predicted molar refractivity (Wildman–Crippen MR) is 62.2 cm³/mol. The molecule has 0 spiro atoms. The first-order valence-electron chi connectivity index (χ1n) is 4.62. The molecule has 0 radical (unpaired) electrons. The third-order valence-electron chi connectivity index (χ3n) is 1.94. The second-order valence-electron chi connectivity index (χ2n) is 3.25. The zero-order valence-corrected chi connectivity index (χ0v) is 10.5. The van der Waals surface area contributed by atoms with Crippen LogP contribution in [0.2, 0.25) is 0 Å². The number of nitrogens with zero attached hydrogens (tertiary/aromatic N) is 2. The van der Waals surface area contributed by atoms with Crippen LogP contribution in [0.3, 0.4) is 0 Å². The number of rotatable bonds is 4. The molecule has 0 saturated carbocycles. The molecule has 3 N–H and O–H groups in total. The number of hydrogen-bond donors (Lipinski definition) is 3. The third-order valence-corrected chi connectivity index (χ3v) is 4.15. The Morgan fingerprint density at radius 2 is 2.29 bits per heavy atom. The third kappa shape index (κ3) is 2.62. The highest BCUT2D eigenvalue weighted by molar-refractivity contribution is 7.93. The number of aliphatic hydroxyl groups is 1. The molecular formula is C8H10N4O3S2. The number of aryl methyl sites for hydroxylation is 1. The van der Waals surface area contributed by atoms with Gasteiger partial charge in [-0.15, -0.1) is 10.2 Å². The van der Waals surface area contributed by atoms with Gasteiger partial charge in [-0.2, -0.15) is 0 Å². The summed E-state index contributed by atoms with van der Waals surface area (Å²) in [7, 11) is -3.67. The molecule has 7 nitrogen and oxygen atoms in total. The van der Waals surface area contributed by atoms with Crippen LogP contribution in [-0.4, -0.2) is 28.7 Å². The normalized spacial score (nSPS) is 11.6. The van der Waals surface area contributed by atoms with Crippen LogP contribution in [0.1, 0.15) is 10.7 Å². The monoisotopic (exact) mass is 274 g/mol. The summed E-state index contributed by atoms with van der Waals surface area (Å²) in [6.45, 7) is 1.49. The van der Waals surface area contributed by atoms with Crippen molar-refractivity contribution in [3.8, 4) is 0 Å². The highest BCUT2D eigenvalue weighted by Crippen LogP contribution is 2.19. The molecule has 0 aromatic carbocycles. The Morgan fingerprint density at radius 3 is 2.82 bits per heavy atom. The molecule has 0 fully saturated rings. The van der Waals surface area contributed by atoms with E-state index >= 15 is 0 Å². The molecular weight excluding hydrogens is 264 g/mol. The van der Waals surface area contributed by atoms with E-state index in [0.29, 0.717) is 10.7 Å². The number of aliphatic hydroxyl groups excluding tert-OH is 1. The maximum atomic E-state index is 11.9. The van der Waals surface area contributed by atoms with Crippen LogP contribution in [0.15, 0.2) is 17.2 Å². The summed E-state index contributed by atoms with van der Waals surface area (Å²) in [6, 6.07) is 1.36. The number of H-pyrrole nitrogens is 1. The van der Waals surface area contributed by atoms with Gasteiger partial charge in [0.25, 0.3) is 10.0 Å². The molecule has 2 rings (SSSR count). The minimum atomic E-state index is -3.67. The lowest BCUT2D eigenvalue weighted by Gasteiger charge is -2.00. The highest BCUT2D eigenvalue weighted by atomic mass is 32.2. The van der Waals surface area contributed by atoms with E-state index < -0.39 is 10.0 Å². The molecule has 0 bridgehead atoms. The zero-order chi connectivity index (χ0) is 12.5. The Morgan fingerprint density at radius 1 is 1.53 bits per heavy atom. The quantitative estimate of drug-likeness (QED) is 0.751. The van der Waals surface area contributed by atoms with E-state index in [1.165, 1.54) is 12.3 Å². The lowest BCUT2D eigenvalue weighted by molar-refractivity contribution is 0.277. The largest absolute Gasteiger partial charge is 0.390 e. The van der Waals surface area contributed by atoms with Gasteiger partial charge in [0, 0.05) is 11.9 Å². The lowest BCUT2D eigenvalue weighted by atomic mass is 10.5. The Balaban J connectivity index is 2.24. The topological polar surface area (TPSA) is 108 Å². The van der Waals surface area contributed by atoms with E-state index in [4.69, 9.17) is 5.11 Å². The van der Waals surface area contributed by atoms with Crippen molar-refractivity contribution in [2.24, 2.45) is 0 Å². The van der Waals surface area contributed by atoms with Gasteiger partial charge in [-0.1, -0.05) is 11.3 Å². The van der Waals surface area contributed by atoms with Crippen LogP contribution in [0, 0.1) is 6.92 Å². The van der Waals surface area contributed by atoms with Gasteiger partial charge < -0.3 is 10.1 Å². The summed E-state index contributed by atoms with van der Waals surface area (Å²) in [4.78, 5) is 2.70. The van der Waals surface area contributed by atoms with E-state index in [-0.39, 0.29) is 16.6 Å². The summed E-state index contributed by atoms with van der Waals surface area (Å²) in [5.74, 6) is 0. The average Bonchev–Trinajstić information content (AvgIpc) is 2.86. The number of sulfonamides is 1.